The van der Waals surface area contributed by atoms with Gasteiger partial charge in [-0.3, -0.25) is 4.90 Å². The van der Waals surface area contributed by atoms with Crippen molar-refractivity contribution in [3.63, 3.8) is 0 Å². The van der Waals surface area contributed by atoms with Crippen LogP contribution >= 0.6 is 11.3 Å². The van der Waals surface area contributed by atoms with E-state index >= 15 is 0 Å². The van der Waals surface area contributed by atoms with Gasteiger partial charge < -0.3 is 4.52 Å². The summed E-state index contributed by atoms with van der Waals surface area (Å²) in [6.07, 6.45) is 2.26. The van der Waals surface area contributed by atoms with Crippen molar-refractivity contribution in [1.82, 2.24) is 15.0 Å². The Bertz CT molecular complexity index is 534. The number of rotatable bonds is 3. The molecule has 0 aliphatic carbocycles. The van der Waals surface area contributed by atoms with E-state index in [2.05, 4.69) is 33.4 Å². The van der Waals surface area contributed by atoms with Crippen LogP contribution in [0.15, 0.2) is 16.0 Å². The van der Waals surface area contributed by atoms with E-state index in [0.29, 0.717) is 11.9 Å². The second-order valence-electron chi connectivity index (χ2n) is 4.68. The first-order valence-electron chi connectivity index (χ1n) is 6.37. The van der Waals surface area contributed by atoms with Crippen molar-refractivity contribution in [3.05, 3.63) is 33.6 Å². The second kappa shape index (κ2) is 4.82. The van der Waals surface area contributed by atoms with Gasteiger partial charge in [0.15, 0.2) is 5.82 Å². The van der Waals surface area contributed by atoms with Crippen molar-refractivity contribution < 1.29 is 4.52 Å². The zero-order chi connectivity index (χ0) is 12.5. The number of aromatic nitrogens is 2. The molecule has 1 aliphatic heterocycles. The van der Waals surface area contributed by atoms with Crippen molar-refractivity contribution in [2.45, 2.75) is 39.3 Å². The summed E-state index contributed by atoms with van der Waals surface area (Å²) in [5.74, 6) is 1.44. The van der Waals surface area contributed by atoms with Gasteiger partial charge >= 0.3 is 0 Å². The SMILES string of the molecule is CCC1c2ccsc2CCN1Cc1nc(C)no1. The van der Waals surface area contributed by atoms with Crippen LogP contribution in [0, 0.1) is 6.92 Å². The zero-order valence-electron chi connectivity index (χ0n) is 10.7. The van der Waals surface area contributed by atoms with E-state index in [0.717, 1.165) is 31.8 Å². The van der Waals surface area contributed by atoms with Gasteiger partial charge in [0.2, 0.25) is 5.89 Å². The predicted octanol–water partition coefficient (Wildman–Crippen LogP) is 2.95. The van der Waals surface area contributed by atoms with Gasteiger partial charge in [0.1, 0.15) is 0 Å². The van der Waals surface area contributed by atoms with E-state index in [1.165, 1.54) is 5.56 Å². The van der Waals surface area contributed by atoms with Gasteiger partial charge in [-0.1, -0.05) is 12.1 Å². The average Bonchev–Trinajstić information content (AvgIpc) is 2.98. The first-order valence-corrected chi connectivity index (χ1v) is 7.25. The van der Waals surface area contributed by atoms with Crippen LogP contribution in [0.5, 0.6) is 0 Å². The smallest absolute Gasteiger partial charge is 0.240 e. The number of hydrogen-bond acceptors (Lipinski definition) is 5. The summed E-state index contributed by atoms with van der Waals surface area (Å²) in [5, 5.41) is 6.06. The molecule has 5 heteroatoms. The normalized spacial score (nSPS) is 20.0. The molecule has 3 heterocycles. The third kappa shape index (κ3) is 2.08. The van der Waals surface area contributed by atoms with Gasteiger partial charge in [0, 0.05) is 17.5 Å². The number of aryl methyl sites for hydroxylation is 1. The van der Waals surface area contributed by atoms with Crippen molar-refractivity contribution >= 4 is 11.3 Å². The molecule has 96 valence electrons. The largest absolute Gasteiger partial charge is 0.338 e. The van der Waals surface area contributed by atoms with E-state index < -0.39 is 0 Å². The summed E-state index contributed by atoms with van der Waals surface area (Å²) in [7, 11) is 0. The Labute approximate surface area is 111 Å². The van der Waals surface area contributed by atoms with Gasteiger partial charge in [-0.25, -0.2) is 0 Å². The first-order chi connectivity index (χ1) is 8.78. The lowest BCUT2D eigenvalue weighted by Crippen LogP contribution is -2.34. The summed E-state index contributed by atoms with van der Waals surface area (Å²) in [6.45, 7) is 5.93. The quantitative estimate of drug-likeness (QED) is 0.854. The maximum absolute atomic E-state index is 5.23. The van der Waals surface area contributed by atoms with Crippen molar-refractivity contribution in [2.24, 2.45) is 0 Å². The minimum atomic E-state index is 0.493. The Morgan fingerprint density at radius 3 is 3.17 bits per heavy atom. The lowest BCUT2D eigenvalue weighted by molar-refractivity contribution is 0.151. The molecule has 1 unspecified atom stereocenters. The van der Waals surface area contributed by atoms with Gasteiger partial charge in [-0.05, 0) is 36.8 Å². The molecule has 3 rings (SSSR count). The molecule has 0 aromatic carbocycles. The van der Waals surface area contributed by atoms with Crippen LogP contribution in [-0.2, 0) is 13.0 Å². The summed E-state index contributed by atoms with van der Waals surface area (Å²) >= 11 is 1.88. The highest BCUT2D eigenvalue weighted by atomic mass is 32.1. The molecule has 0 saturated heterocycles. The summed E-state index contributed by atoms with van der Waals surface area (Å²) in [4.78, 5) is 8.29. The van der Waals surface area contributed by atoms with E-state index in [4.69, 9.17) is 4.52 Å². The monoisotopic (exact) mass is 263 g/mol. The molecule has 0 bridgehead atoms. The molecule has 0 fully saturated rings. The predicted molar refractivity (Wildman–Crippen MR) is 70.5 cm³/mol. The fourth-order valence-corrected chi connectivity index (χ4v) is 3.62. The molecule has 0 saturated carbocycles. The van der Waals surface area contributed by atoms with E-state index in [1.54, 1.807) is 4.88 Å². The molecular formula is C13H17N3OS. The molecule has 4 nitrogen and oxygen atoms in total. The Kier molecular flexibility index (Phi) is 3.18. The van der Waals surface area contributed by atoms with Crippen LogP contribution in [0.4, 0.5) is 0 Å². The van der Waals surface area contributed by atoms with Crippen molar-refractivity contribution in [3.8, 4) is 0 Å². The fourth-order valence-electron chi connectivity index (χ4n) is 2.69. The highest BCUT2D eigenvalue weighted by Crippen LogP contribution is 2.35. The Hall–Kier alpha value is -1.20. The maximum atomic E-state index is 5.23. The van der Waals surface area contributed by atoms with Crippen LogP contribution in [0.25, 0.3) is 0 Å². The molecule has 0 radical (unpaired) electrons. The third-order valence-electron chi connectivity index (χ3n) is 3.50. The second-order valence-corrected chi connectivity index (χ2v) is 5.68. The third-order valence-corrected chi connectivity index (χ3v) is 4.50. The van der Waals surface area contributed by atoms with Gasteiger partial charge in [-0.2, -0.15) is 4.98 Å². The molecule has 0 spiro atoms. The average molecular weight is 263 g/mol. The summed E-state index contributed by atoms with van der Waals surface area (Å²) < 4.78 is 5.23. The minimum Gasteiger partial charge on any atom is -0.338 e. The molecule has 0 N–H and O–H groups in total. The van der Waals surface area contributed by atoms with Gasteiger partial charge in [0.05, 0.1) is 6.54 Å². The van der Waals surface area contributed by atoms with E-state index in [-0.39, 0.29) is 0 Å². The summed E-state index contributed by atoms with van der Waals surface area (Å²) in [6, 6.07) is 2.76. The zero-order valence-corrected chi connectivity index (χ0v) is 11.5. The van der Waals surface area contributed by atoms with Gasteiger partial charge in [-0.15, -0.1) is 11.3 Å². The molecular weight excluding hydrogens is 246 g/mol. The van der Waals surface area contributed by atoms with Crippen LogP contribution in [-0.4, -0.2) is 21.6 Å². The summed E-state index contributed by atoms with van der Waals surface area (Å²) in [5.41, 5.74) is 1.49. The number of fused-ring (bicyclic) bond motifs is 1. The Morgan fingerprint density at radius 2 is 2.44 bits per heavy atom. The number of thiophene rings is 1. The maximum Gasteiger partial charge on any atom is 0.240 e. The lowest BCUT2D eigenvalue weighted by Gasteiger charge is -2.34. The molecule has 1 atom stereocenters. The fraction of sp³-hybridized carbons (Fsp3) is 0.538. The molecule has 1 aliphatic rings. The van der Waals surface area contributed by atoms with Crippen molar-refractivity contribution in [1.29, 1.82) is 0 Å². The van der Waals surface area contributed by atoms with Gasteiger partial charge in [0.25, 0.3) is 0 Å². The Balaban J connectivity index is 1.81. The highest BCUT2D eigenvalue weighted by Gasteiger charge is 2.27. The van der Waals surface area contributed by atoms with Crippen LogP contribution in [0.3, 0.4) is 0 Å². The Morgan fingerprint density at radius 1 is 1.56 bits per heavy atom. The molecule has 2 aromatic rings. The highest BCUT2D eigenvalue weighted by molar-refractivity contribution is 7.10. The van der Waals surface area contributed by atoms with E-state index in [1.807, 2.05) is 18.3 Å². The molecule has 0 amide bonds. The van der Waals surface area contributed by atoms with Crippen LogP contribution in [0.2, 0.25) is 0 Å². The molecule has 2 aromatic heterocycles. The van der Waals surface area contributed by atoms with Crippen LogP contribution in [0.1, 0.15) is 41.5 Å². The number of hydrogen-bond donors (Lipinski definition) is 0. The standard InChI is InChI=1S/C13H17N3OS/c1-3-11-10-5-7-18-12(10)4-6-16(11)8-13-14-9(2)15-17-13/h5,7,11H,3-4,6,8H2,1-2H3. The van der Waals surface area contributed by atoms with Crippen molar-refractivity contribution in [2.75, 3.05) is 6.54 Å². The minimum absolute atomic E-state index is 0.493. The first kappa shape index (κ1) is 11.9. The van der Waals surface area contributed by atoms with E-state index in [9.17, 15) is 0 Å². The lowest BCUT2D eigenvalue weighted by atomic mass is 9.98. The van der Waals surface area contributed by atoms with Crippen LogP contribution < -0.4 is 0 Å². The topological polar surface area (TPSA) is 42.2 Å². The number of nitrogens with zero attached hydrogens (tertiary/aromatic N) is 3. The molecule has 18 heavy (non-hydrogen) atoms.